The van der Waals surface area contributed by atoms with E-state index in [1.807, 2.05) is 0 Å². The first-order chi connectivity index (χ1) is 7.35. The van der Waals surface area contributed by atoms with Crippen LogP contribution in [0.2, 0.25) is 0 Å². The number of hydrogen-bond donors (Lipinski definition) is 0. The summed E-state index contributed by atoms with van der Waals surface area (Å²) < 4.78 is 0.249. The summed E-state index contributed by atoms with van der Waals surface area (Å²) in [4.78, 5) is 0. The van der Waals surface area contributed by atoms with E-state index < -0.39 is 0 Å². The molecule has 0 aromatic carbocycles. The van der Waals surface area contributed by atoms with Crippen molar-refractivity contribution in [2.45, 2.75) is 50.2 Å². The second-order valence-corrected chi connectivity index (χ2v) is 8.86. The van der Waals surface area contributed by atoms with E-state index in [2.05, 4.69) is 71.7 Å². The Morgan fingerprint density at radius 3 is 2.25 bits per heavy atom. The highest BCUT2D eigenvalue weighted by atomic mass is 79.9. The standard InChI is InChI=1S/C14H22Br2/c1-10(2)9-11(3)7-5-6-8-13-12(4)14(13,15)16/h7,9,12-13H,5-6,8H2,1-4H3/b11-7+/t12-,13+/m1/s1. The van der Waals surface area contributed by atoms with E-state index >= 15 is 0 Å². The molecule has 1 fully saturated rings. The number of hydrogen-bond acceptors (Lipinski definition) is 0. The summed E-state index contributed by atoms with van der Waals surface area (Å²) in [5, 5.41) is 0. The van der Waals surface area contributed by atoms with E-state index in [4.69, 9.17) is 0 Å². The van der Waals surface area contributed by atoms with Gasteiger partial charge in [0.25, 0.3) is 0 Å². The van der Waals surface area contributed by atoms with Gasteiger partial charge in [0.2, 0.25) is 0 Å². The Kier molecular flexibility index (Phi) is 5.31. The SMILES string of the molecule is CC(C)=C/C(C)=C/CCC[C@H]1[C@@H](C)C1(Br)Br. The summed E-state index contributed by atoms with van der Waals surface area (Å²) in [6.45, 7) is 8.78. The maximum Gasteiger partial charge on any atom is 0.0865 e. The summed E-state index contributed by atoms with van der Waals surface area (Å²) in [5.74, 6) is 1.58. The molecule has 1 rings (SSSR count). The minimum atomic E-state index is 0.249. The Balaban J connectivity index is 2.21. The van der Waals surface area contributed by atoms with Gasteiger partial charge in [0.1, 0.15) is 0 Å². The molecule has 0 N–H and O–H groups in total. The Bertz CT molecular complexity index is 296. The van der Waals surface area contributed by atoms with E-state index in [1.54, 1.807) is 0 Å². The molecule has 1 aliphatic rings. The highest BCUT2D eigenvalue weighted by Gasteiger charge is 2.57. The van der Waals surface area contributed by atoms with Crippen molar-refractivity contribution in [3.05, 3.63) is 23.3 Å². The Labute approximate surface area is 117 Å². The molecule has 0 aromatic heterocycles. The van der Waals surface area contributed by atoms with E-state index in [0.717, 1.165) is 11.8 Å². The van der Waals surface area contributed by atoms with Gasteiger partial charge in [0, 0.05) is 0 Å². The van der Waals surface area contributed by atoms with Crippen LogP contribution in [0.5, 0.6) is 0 Å². The maximum absolute atomic E-state index is 3.72. The predicted octanol–water partition coefficient (Wildman–Crippen LogP) is 5.82. The third-order valence-electron chi connectivity index (χ3n) is 3.30. The zero-order chi connectivity index (χ0) is 12.3. The summed E-state index contributed by atoms with van der Waals surface area (Å²) in [6.07, 6.45) is 8.41. The van der Waals surface area contributed by atoms with Gasteiger partial charge in [0.15, 0.2) is 0 Å². The monoisotopic (exact) mass is 348 g/mol. The number of halogens is 2. The topological polar surface area (TPSA) is 0 Å². The second kappa shape index (κ2) is 5.86. The van der Waals surface area contributed by atoms with Gasteiger partial charge in [-0.3, -0.25) is 0 Å². The van der Waals surface area contributed by atoms with E-state index in [-0.39, 0.29) is 3.23 Å². The zero-order valence-corrected chi connectivity index (χ0v) is 13.9. The molecule has 1 aliphatic carbocycles. The minimum absolute atomic E-state index is 0.249. The van der Waals surface area contributed by atoms with Crippen molar-refractivity contribution in [1.82, 2.24) is 0 Å². The molecule has 0 aliphatic heterocycles. The molecule has 2 heteroatoms. The van der Waals surface area contributed by atoms with Gasteiger partial charge in [-0.2, -0.15) is 0 Å². The van der Waals surface area contributed by atoms with Crippen molar-refractivity contribution < 1.29 is 0 Å². The summed E-state index contributed by atoms with van der Waals surface area (Å²) in [6, 6.07) is 0. The molecule has 0 saturated heterocycles. The van der Waals surface area contributed by atoms with Crippen LogP contribution in [-0.4, -0.2) is 3.23 Å². The van der Waals surface area contributed by atoms with Crippen molar-refractivity contribution in [2.75, 3.05) is 0 Å². The zero-order valence-electron chi connectivity index (χ0n) is 10.7. The molecule has 1 saturated carbocycles. The molecule has 0 spiro atoms. The molecule has 0 heterocycles. The molecule has 0 radical (unpaired) electrons. The van der Waals surface area contributed by atoms with Crippen molar-refractivity contribution >= 4 is 31.9 Å². The average Bonchev–Trinajstić information content (AvgIpc) is 2.60. The summed E-state index contributed by atoms with van der Waals surface area (Å²) in [7, 11) is 0. The summed E-state index contributed by atoms with van der Waals surface area (Å²) in [5.41, 5.74) is 2.78. The van der Waals surface area contributed by atoms with Gasteiger partial charge in [-0.1, -0.05) is 62.1 Å². The number of unbranched alkanes of at least 4 members (excludes halogenated alkanes) is 1. The molecule has 0 aromatic rings. The molecule has 92 valence electrons. The average molecular weight is 350 g/mol. The Hall–Kier alpha value is 0.440. The van der Waals surface area contributed by atoms with E-state index in [1.165, 1.54) is 30.4 Å². The van der Waals surface area contributed by atoms with Crippen LogP contribution < -0.4 is 0 Å². The molecule has 0 nitrogen and oxygen atoms in total. The van der Waals surface area contributed by atoms with Crippen LogP contribution in [0.25, 0.3) is 0 Å². The number of rotatable bonds is 5. The maximum atomic E-state index is 3.72. The minimum Gasteiger partial charge on any atom is -0.0816 e. The number of alkyl halides is 2. The van der Waals surface area contributed by atoms with Crippen LogP contribution in [0.3, 0.4) is 0 Å². The molecule has 0 amide bonds. The largest absolute Gasteiger partial charge is 0.0865 e. The van der Waals surface area contributed by atoms with Crippen LogP contribution in [-0.2, 0) is 0 Å². The smallest absolute Gasteiger partial charge is 0.0816 e. The lowest BCUT2D eigenvalue weighted by Gasteiger charge is -1.99. The van der Waals surface area contributed by atoms with Crippen LogP contribution in [0.1, 0.15) is 47.0 Å². The van der Waals surface area contributed by atoms with E-state index in [0.29, 0.717) is 0 Å². The van der Waals surface area contributed by atoms with Crippen molar-refractivity contribution in [2.24, 2.45) is 11.8 Å². The first kappa shape index (κ1) is 14.5. The van der Waals surface area contributed by atoms with Crippen LogP contribution in [0.4, 0.5) is 0 Å². The third-order valence-corrected chi connectivity index (χ3v) is 5.92. The molecule has 0 bridgehead atoms. The molecular weight excluding hydrogens is 328 g/mol. The molecule has 2 atom stereocenters. The summed E-state index contributed by atoms with van der Waals surface area (Å²) >= 11 is 7.45. The van der Waals surface area contributed by atoms with Gasteiger partial charge in [-0.25, -0.2) is 0 Å². The first-order valence-corrected chi connectivity index (χ1v) is 7.63. The quantitative estimate of drug-likeness (QED) is 0.333. The lowest BCUT2D eigenvalue weighted by molar-refractivity contribution is 0.635. The molecule has 0 unspecified atom stereocenters. The van der Waals surface area contributed by atoms with Gasteiger partial charge < -0.3 is 0 Å². The van der Waals surface area contributed by atoms with Crippen LogP contribution in [0.15, 0.2) is 23.3 Å². The van der Waals surface area contributed by atoms with Gasteiger partial charge in [0.05, 0.1) is 3.23 Å². The fourth-order valence-corrected chi connectivity index (χ4v) is 3.81. The van der Waals surface area contributed by atoms with Crippen molar-refractivity contribution in [1.29, 1.82) is 0 Å². The fourth-order valence-electron chi connectivity index (χ4n) is 2.18. The van der Waals surface area contributed by atoms with Crippen molar-refractivity contribution in [3.8, 4) is 0 Å². The molecule has 16 heavy (non-hydrogen) atoms. The van der Waals surface area contributed by atoms with Gasteiger partial charge in [-0.15, -0.1) is 0 Å². The lowest BCUT2D eigenvalue weighted by Crippen LogP contribution is -1.88. The van der Waals surface area contributed by atoms with Gasteiger partial charge in [-0.05, 0) is 51.9 Å². The Morgan fingerprint density at radius 2 is 1.81 bits per heavy atom. The lowest BCUT2D eigenvalue weighted by atomic mass is 10.1. The fraction of sp³-hybridized carbons (Fsp3) is 0.714. The van der Waals surface area contributed by atoms with Gasteiger partial charge >= 0.3 is 0 Å². The molecular formula is C14H22Br2. The van der Waals surface area contributed by atoms with E-state index in [9.17, 15) is 0 Å². The van der Waals surface area contributed by atoms with Crippen LogP contribution in [0, 0.1) is 11.8 Å². The second-order valence-electron chi connectivity index (χ2n) is 5.17. The highest BCUT2D eigenvalue weighted by molar-refractivity contribution is 9.25. The van der Waals surface area contributed by atoms with Crippen LogP contribution >= 0.6 is 31.9 Å². The van der Waals surface area contributed by atoms with Crippen molar-refractivity contribution in [3.63, 3.8) is 0 Å². The third kappa shape index (κ3) is 4.03. The number of allylic oxidation sites excluding steroid dienone is 4. The Morgan fingerprint density at radius 1 is 1.25 bits per heavy atom. The highest BCUT2D eigenvalue weighted by Crippen LogP contribution is 2.63. The predicted molar refractivity (Wildman–Crippen MR) is 80.3 cm³/mol. The normalized spacial score (nSPS) is 27.8. The first-order valence-electron chi connectivity index (χ1n) is 6.05.